The SMILES string of the molecule is CCc1nc(N[C@H]2CC[C@@H](NC(=O)c3ccc(F)c(F)c3)CC2)cc(N(C)C)n1. The molecule has 1 heterocycles. The first-order valence-electron chi connectivity index (χ1n) is 9.93. The number of anilines is 2. The number of halogens is 2. The number of benzene rings is 1. The third-order valence-corrected chi connectivity index (χ3v) is 5.13. The van der Waals surface area contributed by atoms with Crippen molar-refractivity contribution < 1.29 is 13.6 Å². The topological polar surface area (TPSA) is 70.2 Å². The molecule has 0 bridgehead atoms. The lowest BCUT2D eigenvalue weighted by Crippen LogP contribution is -2.40. The minimum absolute atomic E-state index is 0.0163. The van der Waals surface area contributed by atoms with Gasteiger partial charge in [-0.05, 0) is 43.9 Å². The van der Waals surface area contributed by atoms with Gasteiger partial charge in [0.05, 0.1) is 0 Å². The van der Waals surface area contributed by atoms with Crippen LogP contribution in [0.1, 0.15) is 48.8 Å². The van der Waals surface area contributed by atoms with E-state index in [1.165, 1.54) is 6.07 Å². The van der Waals surface area contributed by atoms with E-state index >= 15 is 0 Å². The van der Waals surface area contributed by atoms with Crippen LogP contribution in [-0.4, -0.2) is 42.1 Å². The lowest BCUT2D eigenvalue weighted by atomic mass is 9.91. The van der Waals surface area contributed by atoms with Crippen molar-refractivity contribution in [2.45, 2.75) is 51.1 Å². The van der Waals surface area contributed by atoms with Gasteiger partial charge in [-0.15, -0.1) is 0 Å². The van der Waals surface area contributed by atoms with E-state index in [0.717, 1.165) is 61.7 Å². The fraction of sp³-hybridized carbons (Fsp3) is 0.476. The zero-order chi connectivity index (χ0) is 21.0. The Morgan fingerprint density at radius 2 is 1.76 bits per heavy atom. The molecule has 0 atom stereocenters. The van der Waals surface area contributed by atoms with E-state index < -0.39 is 11.6 Å². The maximum absolute atomic E-state index is 13.3. The highest BCUT2D eigenvalue weighted by molar-refractivity contribution is 5.94. The Hall–Kier alpha value is -2.77. The highest BCUT2D eigenvalue weighted by Crippen LogP contribution is 2.23. The van der Waals surface area contributed by atoms with Crippen LogP contribution in [0.3, 0.4) is 0 Å². The van der Waals surface area contributed by atoms with Crippen LogP contribution in [0.2, 0.25) is 0 Å². The summed E-state index contributed by atoms with van der Waals surface area (Å²) in [6, 6.07) is 5.42. The first kappa shape index (κ1) is 21.0. The summed E-state index contributed by atoms with van der Waals surface area (Å²) in [4.78, 5) is 23.3. The molecule has 0 radical (unpaired) electrons. The van der Waals surface area contributed by atoms with Crippen molar-refractivity contribution in [3.05, 3.63) is 47.3 Å². The number of aryl methyl sites for hydroxylation is 1. The molecule has 1 fully saturated rings. The molecule has 6 nitrogen and oxygen atoms in total. The highest BCUT2D eigenvalue weighted by atomic mass is 19.2. The minimum atomic E-state index is -1.01. The van der Waals surface area contributed by atoms with Crippen molar-refractivity contribution >= 4 is 17.5 Å². The van der Waals surface area contributed by atoms with Crippen LogP contribution in [0, 0.1) is 11.6 Å². The fourth-order valence-electron chi connectivity index (χ4n) is 3.44. The van der Waals surface area contributed by atoms with E-state index in [2.05, 4.69) is 20.6 Å². The summed E-state index contributed by atoms with van der Waals surface area (Å²) in [5, 5.41) is 6.41. The van der Waals surface area contributed by atoms with Gasteiger partial charge in [0.25, 0.3) is 5.91 Å². The molecule has 1 aromatic carbocycles. The van der Waals surface area contributed by atoms with Crippen molar-refractivity contribution in [2.75, 3.05) is 24.3 Å². The number of amides is 1. The Bertz CT molecular complexity index is 866. The molecule has 0 saturated heterocycles. The Kier molecular flexibility index (Phi) is 6.61. The molecule has 1 aromatic heterocycles. The van der Waals surface area contributed by atoms with Gasteiger partial charge in [0, 0.05) is 44.2 Å². The first-order chi connectivity index (χ1) is 13.9. The molecule has 0 aliphatic heterocycles. The monoisotopic (exact) mass is 403 g/mol. The summed E-state index contributed by atoms with van der Waals surface area (Å²) in [5.41, 5.74) is 0.133. The van der Waals surface area contributed by atoms with Gasteiger partial charge in [0.15, 0.2) is 11.6 Å². The normalized spacial score (nSPS) is 18.9. The molecule has 8 heteroatoms. The van der Waals surface area contributed by atoms with Crippen molar-refractivity contribution in [1.82, 2.24) is 15.3 Å². The van der Waals surface area contributed by atoms with Gasteiger partial charge in [-0.1, -0.05) is 6.92 Å². The van der Waals surface area contributed by atoms with E-state index in [9.17, 15) is 13.6 Å². The molecule has 0 spiro atoms. The van der Waals surface area contributed by atoms with Gasteiger partial charge < -0.3 is 15.5 Å². The van der Waals surface area contributed by atoms with Crippen LogP contribution in [0.4, 0.5) is 20.4 Å². The second-order valence-electron chi connectivity index (χ2n) is 7.57. The largest absolute Gasteiger partial charge is 0.367 e. The molecular weight excluding hydrogens is 376 g/mol. The number of carbonyl (C=O) groups excluding carboxylic acids is 1. The number of hydrogen-bond acceptors (Lipinski definition) is 5. The van der Waals surface area contributed by atoms with Crippen molar-refractivity contribution in [3.8, 4) is 0 Å². The molecule has 1 aliphatic rings. The molecule has 29 heavy (non-hydrogen) atoms. The van der Waals surface area contributed by atoms with E-state index in [1.54, 1.807) is 0 Å². The number of nitrogens with zero attached hydrogens (tertiary/aromatic N) is 3. The summed E-state index contributed by atoms with van der Waals surface area (Å²) in [6.45, 7) is 2.03. The number of nitrogens with one attached hydrogen (secondary N) is 2. The second kappa shape index (κ2) is 9.15. The van der Waals surface area contributed by atoms with E-state index in [-0.39, 0.29) is 23.6 Å². The third kappa shape index (κ3) is 5.40. The van der Waals surface area contributed by atoms with Crippen LogP contribution in [0.25, 0.3) is 0 Å². The molecule has 1 saturated carbocycles. The standard InChI is InChI=1S/C21H27F2N5O/c1-4-18-26-19(12-20(27-18)28(2)3)24-14-6-8-15(9-7-14)25-21(29)13-5-10-16(22)17(23)11-13/h5,10-12,14-15H,4,6-9H2,1-3H3,(H,25,29)(H,24,26,27)/t14-,15+. The second-order valence-corrected chi connectivity index (χ2v) is 7.57. The zero-order valence-corrected chi connectivity index (χ0v) is 17.0. The smallest absolute Gasteiger partial charge is 0.251 e. The molecule has 156 valence electrons. The van der Waals surface area contributed by atoms with Crippen molar-refractivity contribution in [1.29, 1.82) is 0 Å². The van der Waals surface area contributed by atoms with E-state index in [0.29, 0.717) is 0 Å². The average molecular weight is 403 g/mol. The van der Waals surface area contributed by atoms with Crippen molar-refractivity contribution in [3.63, 3.8) is 0 Å². The zero-order valence-electron chi connectivity index (χ0n) is 17.0. The molecule has 0 unspecified atom stereocenters. The lowest BCUT2D eigenvalue weighted by Gasteiger charge is -2.30. The molecule has 2 aromatic rings. The van der Waals surface area contributed by atoms with Gasteiger partial charge in [0.1, 0.15) is 17.5 Å². The minimum Gasteiger partial charge on any atom is -0.367 e. The van der Waals surface area contributed by atoms with Crippen LogP contribution >= 0.6 is 0 Å². The Morgan fingerprint density at radius 3 is 2.38 bits per heavy atom. The third-order valence-electron chi connectivity index (χ3n) is 5.13. The average Bonchev–Trinajstić information content (AvgIpc) is 2.71. The summed E-state index contributed by atoms with van der Waals surface area (Å²) in [6.07, 6.45) is 4.13. The van der Waals surface area contributed by atoms with Gasteiger partial charge in [-0.3, -0.25) is 4.79 Å². The molecule has 1 aliphatic carbocycles. The predicted octanol–water partition coefficient (Wildman–Crippen LogP) is 3.54. The molecule has 3 rings (SSSR count). The summed E-state index contributed by atoms with van der Waals surface area (Å²) < 4.78 is 26.4. The summed E-state index contributed by atoms with van der Waals surface area (Å²) in [5.74, 6) is 0.132. The van der Waals surface area contributed by atoms with Gasteiger partial charge >= 0.3 is 0 Å². The Labute approximate surface area is 169 Å². The van der Waals surface area contributed by atoms with Crippen LogP contribution in [-0.2, 0) is 6.42 Å². The molecule has 1 amide bonds. The molecular formula is C21H27F2N5O. The lowest BCUT2D eigenvalue weighted by molar-refractivity contribution is 0.0926. The predicted molar refractivity (Wildman–Crippen MR) is 109 cm³/mol. The maximum atomic E-state index is 13.3. The van der Waals surface area contributed by atoms with Gasteiger partial charge in [0.2, 0.25) is 0 Å². The quantitative estimate of drug-likeness (QED) is 0.772. The number of carbonyl (C=O) groups is 1. The van der Waals surface area contributed by atoms with E-state index in [4.69, 9.17) is 0 Å². The number of hydrogen-bond donors (Lipinski definition) is 2. The maximum Gasteiger partial charge on any atom is 0.251 e. The van der Waals surface area contributed by atoms with Crippen LogP contribution in [0.5, 0.6) is 0 Å². The van der Waals surface area contributed by atoms with Gasteiger partial charge in [-0.25, -0.2) is 18.7 Å². The van der Waals surface area contributed by atoms with E-state index in [1.807, 2.05) is 32.0 Å². The fourth-order valence-corrected chi connectivity index (χ4v) is 3.44. The summed E-state index contributed by atoms with van der Waals surface area (Å²) >= 11 is 0. The Morgan fingerprint density at radius 1 is 1.07 bits per heavy atom. The van der Waals surface area contributed by atoms with Crippen LogP contribution < -0.4 is 15.5 Å². The number of aromatic nitrogens is 2. The van der Waals surface area contributed by atoms with Gasteiger partial charge in [-0.2, -0.15) is 0 Å². The number of rotatable bonds is 6. The molecule has 2 N–H and O–H groups in total. The summed E-state index contributed by atoms with van der Waals surface area (Å²) in [7, 11) is 3.90. The highest BCUT2D eigenvalue weighted by Gasteiger charge is 2.23. The van der Waals surface area contributed by atoms with Crippen molar-refractivity contribution in [2.24, 2.45) is 0 Å². The Balaban J connectivity index is 1.55. The first-order valence-corrected chi connectivity index (χ1v) is 9.93. The van der Waals surface area contributed by atoms with Crippen LogP contribution in [0.15, 0.2) is 24.3 Å².